The highest BCUT2D eigenvalue weighted by molar-refractivity contribution is 5.25. The summed E-state index contributed by atoms with van der Waals surface area (Å²) in [6.07, 6.45) is 4.13. The Hall–Kier alpha value is -0.860. The van der Waals surface area contributed by atoms with Crippen LogP contribution in [0.5, 0.6) is 0 Å². The Morgan fingerprint density at radius 2 is 1.67 bits per heavy atom. The molecule has 1 aromatic rings. The molecule has 0 aromatic heterocycles. The molecule has 2 nitrogen and oxygen atoms in total. The molecule has 3 atom stereocenters. The van der Waals surface area contributed by atoms with Crippen molar-refractivity contribution in [1.82, 2.24) is 4.90 Å². The standard InChI is InChI=1S/C19H33NO/c1-6-9-14-20(15(4)7-2)16(5)19(21)18-12-10-17(8-3)11-13-18/h10-13,15-16,19,21H,6-9,14H2,1-5H3. The monoisotopic (exact) mass is 291 g/mol. The smallest absolute Gasteiger partial charge is 0.0942 e. The van der Waals surface area contributed by atoms with E-state index < -0.39 is 6.10 Å². The second kappa shape index (κ2) is 9.22. The number of unbranched alkanes of at least 4 members (excludes halogenated alkanes) is 1. The molecule has 0 bridgehead atoms. The van der Waals surface area contributed by atoms with Gasteiger partial charge in [0.05, 0.1) is 6.10 Å². The third-order valence-electron chi connectivity index (χ3n) is 4.64. The maximum absolute atomic E-state index is 10.7. The Labute approximate surface area is 131 Å². The lowest BCUT2D eigenvalue weighted by atomic mass is 9.98. The molecular weight excluding hydrogens is 258 g/mol. The lowest BCUT2D eigenvalue weighted by Crippen LogP contribution is -2.43. The number of hydrogen-bond donors (Lipinski definition) is 1. The van der Waals surface area contributed by atoms with Crippen LogP contribution < -0.4 is 0 Å². The summed E-state index contributed by atoms with van der Waals surface area (Å²) in [7, 11) is 0. The van der Waals surface area contributed by atoms with Gasteiger partial charge in [0.15, 0.2) is 0 Å². The summed E-state index contributed by atoms with van der Waals surface area (Å²) >= 11 is 0. The van der Waals surface area contributed by atoms with Crippen LogP contribution in [0.2, 0.25) is 0 Å². The minimum atomic E-state index is -0.415. The highest BCUT2D eigenvalue weighted by Gasteiger charge is 2.25. The van der Waals surface area contributed by atoms with E-state index in [1.165, 1.54) is 18.4 Å². The van der Waals surface area contributed by atoms with Crippen molar-refractivity contribution < 1.29 is 5.11 Å². The molecule has 0 radical (unpaired) electrons. The molecule has 1 aromatic carbocycles. The fourth-order valence-electron chi connectivity index (χ4n) is 2.81. The molecule has 120 valence electrons. The van der Waals surface area contributed by atoms with Crippen molar-refractivity contribution in [1.29, 1.82) is 0 Å². The van der Waals surface area contributed by atoms with Crippen LogP contribution in [0.25, 0.3) is 0 Å². The largest absolute Gasteiger partial charge is 0.387 e. The van der Waals surface area contributed by atoms with Crippen molar-refractivity contribution in [3.8, 4) is 0 Å². The molecule has 0 saturated carbocycles. The van der Waals surface area contributed by atoms with Gasteiger partial charge in [0.2, 0.25) is 0 Å². The summed E-state index contributed by atoms with van der Waals surface area (Å²) < 4.78 is 0. The van der Waals surface area contributed by atoms with E-state index >= 15 is 0 Å². The zero-order valence-corrected chi connectivity index (χ0v) is 14.5. The zero-order chi connectivity index (χ0) is 15.8. The number of hydrogen-bond acceptors (Lipinski definition) is 2. The number of benzene rings is 1. The summed E-state index contributed by atoms with van der Waals surface area (Å²) in [6.45, 7) is 12.1. The molecule has 0 aliphatic rings. The Bertz CT molecular complexity index is 387. The Balaban J connectivity index is 2.81. The van der Waals surface area contributed by atoms with Crippen LogP contribution in [0.15, 0.2) is 24.3 Å². The van der Waals surface area contributed by atoms with Crippen LogP contribution in [-0.4, -0.2) is 28.6 Å². The van der Waals surface area contributed by atoms with Crippen LogP contribution in [-0.2, 0) is 6.42 Å². The van der Waals surface area contributed by atoms with E-state index in [0.29, 0.717) is 6.04 Å². The van der Waals surface area contributed by atoms with Gasteiger partial charge in [0.1, 0.15) is 0 Å². The second-order valence-corrected chi connectivity index (χ2v) is 6.13. The normalized spacial score (nSPS) is 16.0. The van der Waals surface area contributed by atoms with Gasteiger partial charge in [-0.05, 0) is 50.8 Å². The number of rotatable bonds is 9. The molecule has 0 aliphatic carbocycles. The summed E-state index contributed by atoms with van der Waals surface area (Å²) in [6, 6.07) is 9.08. The van der Waals surface area contributed by atoms with Gasteiger partial charge in [-0.1, -0.05) is 51.5 Å². The van der Waals surface area contributed by atoms with Crippen molar-refractivity contribution in [3.63, 3.8) is 0 Å². The molecule has 0 amide bonds. The summed E-state index contributed by atoms with van der Waals surface area (Å²) in [5.41, 5.74) is 2.35. The quantitative estimate of drug-likeness (QED) is 0.720. The first-order valence-electron chi connectivity index (χ1n) is 8.57. The molecule has 0 spiro atoms. The molecule has 0 fully saturated rings. The number of aliphatic hydroxyl groups is 1. The third kappa shape index (κ3) is 5.12. The topological polar surface area (TPSA) is 23.5 Å². The maximum Gasteiger partial charge on any atom is 0.0942 e. The third-order valence-corrected chi connectivity index (χ3v) is 4.64. The van der Waals surface area contributed by atoms with Crippen LogP contribution in [0.1, 0.15) is 71.1 Å². The van der Waals surface area contributed by atoms with Crippen LogP contribution in [0.3, 0.4) is 0 Å². The van der Waals surface area contributed by atoms with E-state index in [1.54, 1.807) is 0 Å². The predicted molar refractivity (Wildman–Crippen MR) is 91.6 cm³/mol. The van der Waals surface area contributed by atoms with Gasteiger partial charge < -0.3 is 5.11 Å². The highest BCUT2D eigenvalue weighted by Crippen LogP contribution is 2.24. The van der Waals surface area contributed by atoms with Gasteiger partial charge in [0, 0.05) is 12.1 Å². The molecule has 0 saturated heterocycles. The minimum Gasteiger partial charge on any atom is -0.387 e. The molecule has 21 heavy (non-hydrogen) atoms. The maximum atomic E-state index is 10.7. The van der Waals surface area contributed by atoms with Crippen molar-refractivity contribution in [2.45, 2.75) is 78.5 Å². The molecule has 0 heterocycles. The van der Waals surface area contributed by atoms with Gasteiger partial charge in [0.25, 0.3) is 0 Å². The molecule has 1 rings (SSSR count). The Morgan fingerprint density at radius 3 is 2.14 bits per heavy atom. The van der Waals surface area contributed by atoms with Gasteiger partial charge in [-0.15, -0.1) is 0 Å². The number of aryl methyl sites for hydroxylation is 1. The van der Waals surface area contributed by atoms with Crippen molar-refractivity contribution in [2.75, 3.05) is 6.54 Å². The molecule has 0 aliphatic heterocycles. The molecule has 2 heteroatoms. The van der Waals surface area contributed by atoms with Crippen LogP contribution in [0, 0.1) is 0 Å². The second-order valence-electron chi connectivity index (χ2n) is 6.13. The van der Waals surface area contributed by atoms with E-state index in [9.17, 15) is 5.11 Å². The molecule has 3 unspecified atom stereocenters. The van der Waals surface area contributed by atoms with Crippen LogP contribution in [0.4, 0.5) is 0 Å². The highest BCUT2D eigenvalue weighted by atomic mass is 16.3. The first-order valence-corrected chi connectivity index (χ1v) is 8.57. The van der Waals surface area contributed by atoms with Crippen molar-refractivity contribution in [2.24, 2.45) is 0 Å². The minimum absolute atomic E-state index is 0.152. The van der Waals surface area contributed by atoms with Gasteiger partial charge in [-0.25, -0.2) is 0 Å². The average molecular weight is 291 g/mol. The number of nitrogens with zero attached hydrogens (tertiary/aromatic N) is 1. The van der Waals surface area contributed by atoms with Gasteiger partial charge in [-0.2, -0.15) is 0 Å². The van der Waals surface area contributed by atoms with E-state index in [4.69, 9.17) is 0 Å². The summed E-state index contributed by atoms with van der Waals surface area (Å²) in [4.78, 5) is 2.46. The van der Waals surface area contributed by atoms with Gasteiger partial charge >= 0.3 is 0 Å². The molecular formula is C19H33NO. The van der Waals surface area contributed by atoms with Crippen molar-refractivity contribution >= 4 is 0 Å². The zero-order valence-electron chi connectivity index (χ0n) is 14.5. The summed E-state index contributed by atoms with van der Waals surface area (Å²) in [5.74, 6) is 0. The van der Waals surface area contributed by atoms with E-state index in [0.717, 1.165) is 24.9 Å². The van der Waals surface area contributed by atoms with E-state index in [-0.39, 0.29) is 6.04 Å². The van der Waals surface area contributed by atoms with E-state index in [2.05, 4.69) is 63.8 Å². The first-order chi connectivity index (χ1) is 10.0. The SMILES string of the molecule is CCCCN(C(C)CC)C(C)C(O)c1ccc(CC)cc1. The van der Waals surface area contributed by atoms with Gasteiger partial charge in [-0.3, -0.25) is 4.90 Å². The predicted octanol–water partition coefficient (Wildman–Crippen LogP) is 4.57. The Morgan fingerprint density at radius 1 is 1.05 bits per heavy atom. The lowest BCUT2D eigenvalue weighted by Gasteiger charge is -2.37. The summed E-state index contributed by atoms with van der Waals surface area (Å²) in [5, 5.41) is 10.7. The first kappa shape index (κ1) is 18.2. The van der Waals surface area contributed by atoms with Crippen molar-refractivity contribution in [3.05, 3.63) is 35.4 Å². The Kier molecular flexibility index (Phi) is 7.98. The van der Waals surface area contributed by atoms with Crippen LogP contribution >= 0.6 is 0 Å². The lowest BCUT2D eigenvalue weighted by molar-refractivity contribution is 0.0340. The number of aliphatic hydroxyl groups excluding tert-OH is 1. The average Bonchev–Trinajstić information content (AvgIpc) is 2.53. The van der Waals surface area contributed by atoms with E-state index in [1.807, 2.05) is 0 Å². The molecule has 1 N–H and O–H groups in total. The fourth-order valence-corrected chi connectivity index (χ4v) is 2.81. The fraction of sp³-hybridized carbons (Fsp3) is 0.684.